The van der Waals surface area contributed by atoms with Gasteiger partial charge in [0.05, 0.1) is 12.5 Å². The highest BCUT2D eigenvalue weighted by molar-refractivity contribution is 5.79. The molecule has 1 N–H and O–H groups in total. The van der Waals surface area contributed by atoms with E-state index in [2.05, 4.69) is 11.2 Å². The SMILES string of the molecule is C#CC(CC)NC(=O)Cc1cccc(F)c1. The van der Waals surface area contributed by atoms with E-state index in [4.69, 9.17) is 6.42 Å². The first-order chi connectivity index (χ1) is 7.65. The minimum Gasteiger partial charge on any atom is -0.342 e. The number of nitrogens with one attached hydrogen (secondary N) is 1. The first-order valence-electron chi connectivity index (χ1n) is 5.15. The molecular weight excluding hydrogens is 205 g/mol. The van der Waals surface area contributed by atoms with Crippen LogP contribution in [0.2, 0.25) is 0 Å². The maximum Gasteiger partial charge on any atom is 0.225 e. The maximum atomic E-state index is 12.8. The van der Waals surface area contributed by atoms with Gasteiger partial charge in [-0.2, -0.15) is 0 Å². The Morgan fingerprint density at radius 2 is 2.38 bits per heavy atom. The molecule has 0 saturated carbocycles. The van der Waals surface area contributed by atoms with Crippen molar-refractivity contribution in [3.63, 3.8) is 0 Å². The van der Waals surface area contributed by atoms with Gasteiger partial charge in [0.25, 0.3) is 0 Å². The van der Waals surface area contributed by atoms with Crippen molar-refractivity contribution in [2.75, 3.05) is 0 Å². The Morgan fingerprint density at radius 3 is 2.94 bits per heavy atom. The van der Waals surface area contributed by atoms with E-state index in [-0.39, 0.29) is 24.2 Å². The second kappa shape index (κ2) is 5.92. The van der Waals surface area contributed by atoms with Crippen molar-refractivity contribution < 1.29 is 9.18 Å². The Bertz CT molecular complexity index is 409. The van der Waals surface area contributed by atoms with Crippen molar-refractivity contribution in [3.05, 3.63) is 35.6 Å². The number of hydrogen-bond acceptors (Lipinski definition) is 1. The number of amides is 1. The average molecular weight is 219 g/mol. The van der Waals surface area contributed by atoms with Crippen LogP contribution in [-0.2, 0) is 11.2 Å². The third-order valence-corrected chi connectivity index (χ3v) is 2.20. The summed E-state index contributed by atoms with van der Waals surface area (Å²) >= 11 is 0. The molecule has 2 nitrogen and oxygen atoms in total. The van der Waals surface area contributed by atoms with Crippen LogP contribution in [0.4, 0.5) is 4.39 Å². The molecule has 1 aromatic carbocycles. The third-order valence-electron chi connectivity index (χ3n) is 2.20. The van der Waals surface area contributed by atoms with E-state index >= 15 is 0 Å². The van der Waals surface area contributed by atoms with Crippen molar-refractivity contribution in [2.24, 2.45) is 0 Å². The van der Waals surface area contributed by atoms with Gasteiger partial charge in [-0.05, 0) is 24.1 Å². The van der Waals surface area contributed by atoms with Crippen molar-refractivity contribution >= 4 is 5.91 Å². The minimum atomic E-state index is -0.339. The Hall–Kier alpha value is -1.82. The fraction of sp³-hybridized carbons (Fsp3) is 0.308. The zero-order chi connectivity index (χ0) is 12.0. The van der Waals surface area contributed by atoms with Crippen LogP contribution in [-0.4, -0.2) is 11.9 Å². The van der Waals surface area contributed by atoms with Crippen LogP contribution in [0.25, 0.3) is 0 Å². The molecule has 16 heavy (non-hydrogen) atoms. The average Bonchev–Trinajstić information content (AvgIpc) is 2.26. The van der Waals surface area contributed by atoms with Gasteiger partial charge in [0, 0.05) is 0 Å². The Morgan fingerprint density at radius 1 is 1.62 bits per heavy atom. The molecule has 3 heteroatoms. The molecule has 0 aliphatic heterocycles. The summed E-state index contributed by atoms with van der Waals surface area (Å²) in [5.41, 5.74) is 0.643. The number of carbonyl (C=O) groups excluding carboxylic acids is 1. The highest BCUT2D eigenvalue weighted by Gasteiger charge is 2.08. The summed E-state index contributed by atoms with van der Waals surface area (Å²) in [4.78, 5) is 11.5. The first kappa shape index (κ1) is 12.3. The number of halogens is 1. The van der Waals surface area contributed by atoms with E-state index in [1.807, 2.05) is 6.92 Å². The minimum absolute atomic E-state index is 0.149. The molecule has 0 radical (unpaired) electrons. The Balaban J connectivity index is 2.55. The lowest BCUT2D eigenvalue weighted by Gasteiger charge is -2.10. The summed E-state index contributed by atoms with van der Waals surface area (Å²) < 4.78 is 12.8. The highest BCUT2D eigenvalue weighted by atomic mass is 19.1. The molecule has 0 saturated heterocycles. The summed E-state index contributed by atoms with van der Waals surface area (Å²) in [6.07, 6.45) is 6.06. The molecule has 0 fully saturated rings. The third kappa shape index (κ3) is 3.74. The van der Waals surface area contributed by atoms with E-state index in [9.17, 15) is 9.18 Å². The molecule has 1 amide bonds. The van der Waals surface area contributed by atoms with Gasteiger partial charge >= 0.3 is 0 Å². The number of hydrogen-bond donors (Lipinski definition) is 1. The molecule has 0 spiro atoms. The summed E-state index contributed by atoms with van der Waals surface area (Å²) in [7, 11) is 0. The molecule has 1 rings (SSSR count). The molecule has 0 aromatic heterocycles. The highest BCUT2D eigenvalue weighted by Crippen LogP contribution is 2.04. The lowest BCUT2D eigenvalue weighted by atomic mass is 10.1. The van der Waals surface area contributed by atoms with Crippen LogP contribution in [0.15, 0.2) is 24.3 Å². The van der Waals surface area contributed by atoms with Crippen molar-refractivity contribution in [3.8, 4) is 12.3 Å². The Kier molecular flexibility index (Phi) is 4.53. The van der Waals surface area contributed by atoms with Crippen LogP contribution < -0.4 is 5.32 Å². The first-order valence-corrected chi connectivity index (χ1v) is 5.15. The summed E-state index contributed by atoms with van der Waals surface area (Å²) in [6.45, 7) is 1.90. The smallest absolute Gasteiger partial charge is 0.225 e. The van der Waals surface area contributed by atoms with Gasteiger partial charge in [-0.25, -0.2) is 4.39 Å². The van der Waals surface area contributed by atoms with Crippen molar-refractivity contribution in [1.29, 1.82) is 0 Å². The summed E-state index contributed by atoms with van der Waals surface area (Å²) in [5.74, 6) is 1.95. The molecular formula is C13H14FNO. The fourth-order valence-corrected chi connectivity index (χ4v) is 1.34. The number of carbonyl (C=O) groups is 1. The van der Waals surface area contributed by atoms with E-state index in [0.717, 1.165) is 0 Å². The van der Waals surface area contributed by atoms with Crippen molar-refractivity contribution in [2.45, 2.75) is 25.8 Å². The number of benzene rings is 1. The van der Waals surface area contributed by atoms with Gasteiger partial charge < -0.3 is 5.32 Å². The normalized spacial score (nSPS) is 11.6. The van der Waals surface area contributed by atoms with E-state index in [0.29, 0.717) is 12.0 Å². The van der Waals surface area contributed by atoms with Gasteiger partial charge in [-0.15, -0.1) is 6.42 Å². The second-order valence-electron chi connectivity index (χ2n) is 3.50. The van der Waals surface area contributed by atoms with Gasteiger partial charge in [-0.3, -0.25) is 4.79 Å². The maximum absolute atomic E-state index is 12.8. The van der Waals surface area contributed by atoms with Crippen LogP contribution in [0, 0.1) is 18.2 Å². The zero-order valence-electron chi connectivity index (χ0n) is 9.16. The molecule has 1 unspecified atom stereocenters. The standard InChI is InChI=1S/C13H14FNO/c1-3-12(4-2)15-13(16)9-10-6-5-7-11(14)8-10/h1,5-8,12H,4,9H2,2H3,(H,15,16). The van der Waals surface area contributed by atoms with Gasteiger partial charge in [0.2, 0.25) is 5.91 Å². The van der Waals surface area contributed by atoms with E-state index < -0.39 is 0 Å². The van der Waals surface area contributed by atoms with Gasteiger partial charge in [0.15, 0.2) is 0 Å². The predicted octanol–water partition coefficient (Wildman–Crippen LogP) is 1.90. The zero-order valence-corrected chi connectivity index (χ0v) is 9.16. The molecule has 1 atom stereocenters. The molecule has 0 bridgehead atoms. The monoisotopic (exact) mass is 219 g/mol. The lowest BCUT2D eigenvalue weighted by molar-refractivity contribution is -0.120. The second-order valence-corrected chi connectivity index (χ2v) is 3.50. The summed E-state index contributed by atoms with van der Waals surface area (Å²) in [5, 5.41) is 2.69. The number of terminal acetylenes is 1. The quantitative estimate of drug-likeness (QED) is 0.770. The topological polar surface area (TPSA) is 29.1 Å². The predicted molar refractivity (Wildman–Crippen MR) is 61.2 cm³/mol. The fourth-order valence-electron chi connectivity index (χ4n) is 1.34. The van der Waals surface area contributed by atoms with Gasteiger partial charge in [0.1, 0.15) is 5.82 Å². The molecule has 0 aliphatic carbocycles. The Labute approximate surface area is 94.9 Å². The van der Waals surface area contributed by atoms with Crippen LogP contribution in [0.1, 0.15) is 18.9 Å². The van der Waals surface area contributed by atoms with Crippen LogP contribution >= 0.6 is 0 Å². The number of rotatable bonds is 4. The van der Waals surface area contributed by atoms with E-state index in [1.54, 1.807) is 12.1 Å². The van der Waals surface area contributed by atoms with Gasteiger partial charge in [-0.1, -0.05) is 25.0 Å². The molecule has 0 heterocycles. The largest absolute Gasteiger partial charge is 0.342 e. The van der Waals surface area contributed by atoms with Crippen LogP contribution in [0.5, 0.6) is 0 Å². The summed E-state index contributed by atoms with van der Waals surface area (Å²) in [6, 6.07) is 5.73. The van der Waals surface area contributed by atoms with E-state index in [1.165, 1.54) is 12.1 Å². The van der Waals surface area contributed by atoms with Crippen molar-refractivity contribution in [1.82, 2.24) is 5.32 Å². The molecule has 84 valence electrons. The lowest BCUT2D eigenvalue weighted by Crippen LogP contribution is -2.34. The van der Waals surface area contributed by atoms with Crippen LogP contribution in [0.3, 0.4) is 0 Å². The molecule has 1 aromatic rings. The molecule has 0 aliphatic rings.